The van der Waals surface area contributed by atoms with E-state index in [0.717, 1.165) is 11.1 Å². The molecule has 2 aromatic carbocycles. The Morgan fingerprint density at radius 3 is 2.64 bits per heavy atom. The molecule has 5 heteroatoms. The minimum atomic E-state index is -0.179. The summed E-state index contributed by atoms with van der Waals surface area (Å²) in [7, 11) is 1.54. The number of carbonyl (C=O) groups is 1. The Labute approximate surface area is 153 Å². The summed E-state index contributed by atoms with van der Waals surface area (Å²) in [5.74, 6) is 0.860. The van der Waals surface area contributed by atoms with Crippen LogP contribution in [0.5, 0.6) is 11.5 Å². The molecule has 132 valence electrons. The monoisotopic (exact) mass is 359 g/mol. The fourth-order valence-electron chi connectivity index (χ4n) is 2.40. The molecule has 0 bridgehead atoms. The van der Waals surface area contributed by atoms with Crippen LogP contribution >= 0.6 is 11.6 Å². The molecular weight excluding hydrogens is 338 g/mol. The number of hydrogen-bond donors (Lipinski definition) is 1. The summed E-state index contributed by atoms with van der Waals surface area (Å²) >= 11 is 6.21. The van der Waals surface area contributed by atoms with Crippen molar-refractivity contribution < 1.29 is 14.3 Å². The first-order chi connectivity index (χ1) is 12.0. The van der Waals surface area contributed by atoms with Gasteiger partial charge in [-0.25, -0.2) is 0 Å². The molecule has 0 aliphatic carbocycles. The number of benzene rings is 2. The maximum Gasteiger partial charge on any atom is 0.244 e. The Bertz CT molecular complexity index is 744. The van der Waals surface area contributed by atoms with Gasteiger partial charge in [0.05, 0.1) is 24.8 Å². The number of methoxy groups -OCH3 is 1. The van der Waals surface area contributed by atoms with Gasteiger partial charge in [0.15, 0.2) is 11.5 Å². The van der Waals surface area contributed by atoms with Crippen LogP contribution in [0.1, 0.15) is 31.0 Å². The molecular formula is C20H22ClNO3. The van der Waals surface area contributed by atoms with E-state index in [1.54, 1.807) is 18.2 Å². The van der Waals surface area contributed by atoms with Gasteiger partial charge in [-0.15, -0.1) is 0 Å². The summed E-state index contributed by atoms with van der Waals surface area (Å²) in [5.41, 5.74) is 1.81. The lowest BCUT2D eigenvalue weighted by molar-refractivity contribution is -0.117. The summed E-state index contributed by atoms with van der Waals surface area (Å²) in [6.07, 6.45) is 3.17. The van der Waals surface area contributed by atoms with Crippen LogP contribution in [0.4, 0.5) is 0 Å². The number of amides is 1. The molecule has 0 spiro atoms. The first-order valence-corrected chi connectivity index (χ1v) is 8.46. The van der Waals surface area contributed by atoms with Gasteiger partial charge in [0, 0.05) is 6.08 Å². The molecule has 0 fully saturated rings. The highest BCUT2D eigenvalue weighted by molar-refractivity contribution is 6.32. The van der Waals surface area contributed by atoms with E-state index < -0.39 is 0 Å². The lowest BCUT2D eigenvalue weighted by atomic mass is 10.1. The fourth-order valence-corrected chi connectivity index (χ4v) is 2.70. The number of halogens is 1. The van der Waals surface area contributed by atoms with Crippen LogP contribution < -0.4 is 14.8 Å². The SMILES string of the molecule is CCOc1cc(/C=C/C(=O)N[C@H](C)c2ccccc2)cc(Cl)c1OC. The van der Waals surface area contributed by atoms with E-state index in [4.69, 9.17) is 21.1 Å². The van der Waals surface area contributed by atoms with E-state index in [1.165, 1.54) is 13.2 Å². The standard InChI is InChI=1S/C20H22ClNO3/c1-4-25-18-13-15(12-17(21)20(18)24-3)10-11-19(23)22-14(2)16-8-6-5-7-9-16/h5-14H,4H2,1-3H3,(H,22,23)/b11-10+/t14-/m1/s1. The Morgan fingerprint density at radius 2 is 2.00 bits per heavy atom. The number of rotatable bonds is 7. The van der Waals surface area contributed by atoms with Crippen LogP contribution in [-0.2, 0) is 4.79 Å². The van der Waals surface area contributed by atoms with Crippen molar-refractivity contribution in [1.82, 2.24) is 5.32 Å². The Morgan fingerprint density at radius 1 is 1.28 bits per heavy atom. The minimum Gasteiger partial charge on any atom is -0.491 e. The van der Waals surface area contributed by atoms with E-state index in [9.17, 15) is 4.79 Å². The molecule has 1 amide bonds. The molecule has 1 atom stereocenters. The molecule has 0 radical (unpaired) electrons. The zero-order chi connectivity index (χ0) is 18.2. The van der Waals surface area contributed by atoms with Gasteiger partial charge < -0.3 is 14.8 Å². The Kier molecular flexibility index (Phi) is 6.90. The molecule has 0 aromatic heterocycles. The summed E-state index contributed by atoms with van der Waals surface area (Å²) in [6, 6.07) is 13.2. The van der Waals surface area contributed by atoms with Crippen molar-refractivity contribution in [2.45, 2.75) is 19.9 Å². The Balaban J connectivity index is 2.09. The smallest absolute Gasteiger partial charge is 0.244 e. The van der Waals surface area contributed by atoms with Gasteiger partial charge in [0.25, 0.3) is 0 Å². The summed E-state index contributed by atoms with van der Waals surface area (Å²) < 4.78 is 10.8. The highest BCUT2D eigenvalue weighted by Crippen LogP contribution is 2.36. The second-order valence-corrected chi connectivity index (χ2v) is 5.85. The van der Waals surface area contributed by atoms with Crippen molar-refractivity contribution in [3.63, 3.8) is 0 Å². The highest BCUT2D eigenvalue weighted by Gasteiger charge is 2.11. The van der Waals surface area contributed by atoms with Crippen LogP contribution in [0.25, 0.3) is 6.08 Å². The van der Waals surface area contributed by atoms with Gasteiger partial charge in [-0.2, -0.15) is 0 Å². The van der Waals surface area contributed by atoms with Crippen molar-refractivity contribution in [3.8, 4) is 11.5 Å². The van der Waals surface area contributed by atoms with Crippen molar-refractivity contribution in [2.75, 3.05) is 13.7 Å². The molecule has 0 saturated heterocycles. The Hall–Kier alpha value is -2.46. The average Bonchev–Trinajstić information content (AvgIpc) is 2.61. The molecule has 1 N–H and O–H groups in total. The first-order valence-electron chi connectivity index (χ1n) is 8.09. The molecule has 2 rings (SSSR count). The normalized spacial score (nSPS) is 12.0. The minimum absolute atomic E-state index is 0.0724. The van der Waals surface area contributed by atoms with Gasteiger partial charge in [-0.1, -0.05) is 41.9 Å². The third-order valence-corrected chi connectivity index (χ3v) is 3.90. The summed E-state index contributed by atoms with van der Waals surface area (Å²) in [4.78, 5) is 12.1. The van der Waals surface area contributed by atoms with Crippen LogP contribution in [0, 0.1) is 0 Å². The molecule has 4 nitrogen and oxygen atoms in total. The van der Waals surface area contributed by atoms with Gasteiger partial charge in [0.1, 0.15) is 0 Å². The summed E-state index contributed by atoms with van der Waals surface area (Å²) in [6.45, 7) is 4.32. The second-order valence-electron chi connectivity index (χ2n) is 5.44. The van der Waals surface area contributed by atoms with Crippen molar-refractivity contribution in [1.29, 1.82) is 0 Å². The number of nitrogens with one attached hydrogen (secondary N) is 1. The van der Waals surface area contributed by atoms with Gasteiger partial charge >= 0.3 is 0 Å². The average molecular weight is 360 g/mol. The molecule has 25 heavy (non-hydrogen) atoms. The number of ether oxygens (including phenoxy) is 2. The van der Waals surface area contributed by atoms with Crippen LogP contribution in [0.15, 0.2) is 48.5 Å². The maximum absolute atomic E-state index is 12.1. The fraction of sp³-hybridized carbons (Fsp3) is 0.250. The molecule has 2 aromatic rings. The van der Waals surface area contributed by atoms with Crippen molar-refractivity contribution in [3.05, 3.63) is 64.7 Å². The molecule has 0 unspecified atom stereocenters. The molecule has 0 aliphatic rings. The third-order valence-electron chi connectivity index (χ3n) is 3.62. The lowest BCUT2D eigenvalue weighted by Gasteiger charge is -2.13. The van der Waals surface area contributed by atoms with Gasteiger partial charge in [-0.3, -0.25) is 4.79 Å². The quantitative estimate of drug-likeness (QED) is 0.733. The zero-order valence-corrected chi connectivity index (χ0v) is 15.3. The van der Waals surface area contributed by atoms with E-state index in [0.29, 0.717) is 23.1 Å². The predicted octanol–water partition coefficient (Wildman–Crippen LogP) is 4.64. The topological polar surface area (TPSA) is 47.6 Å². The maximum atomic E-state index is 12.1. The second kappa shape index (κ2) is 9.14. The van der Waals surface area contributed by atoms with Gasteiger partial charge in [0.2, 0.25) is 5.91 Å². The first kappa shape index (κ1) is 18.9. The number of hydrogen-bond acceptors (Lipinski definition) is 3. The third kappa shape index (κ3) is 5.26. The lowest BCUT2D eigenvalue weighted by Crippen LogP contribution is -2.24. The van der Waals surface area contributed by atoms with Crippen LogP contribution in [-0.4, -0.2) is 19.6 Å². The largest absolute Gasteiger partial charge is 0.491 e. The zero-order valence-electron chi connectivity index (χ0n) is 14.6. The summed E-state index contributed by atoms with van der Waals surface area (Å²) in [5, 5.41) is 3.36. The predicted molar refractivity (Wildman–Crippen MR) is 101 cm³/mol. The van der Waals surface area contributed by atoms with E-state index in [-0.39, 0.29) is 11.9 Å². The number of carbonyl (C=O) groups excluding carboxylic acids is 1. The van der Waals surface area contributed by atoms with E-state index in [2.05, 4.69) is 5.32 Å². The van der Waals surface area contributed by atoms with Crippen LogP contribution in [0.2, 0.25) is 5.02 Å². The van der Waals surface area contributed by atoms with Crippen molar-refractivity contribution >= 4 is 23.6 Å². The van der Waals surface area contributed by atoms with E-state index >= 15 is 0 Å². The molecule has 0 aliphatic heterocycles. The van der Waals surface area contributed by atoms with Crippen LogP contribution in [0.3, 0.4) is 0 Å². The molecule has 0 heterocycles. The molecule has 0 saturated carbocycles. The highest BCUT2D eigenvalue weighted by atomic mass is 35.5. The van der Waals surface area contributed by atoms with E-state index in [1.807, 2.05) is 44.2 Å². The van der Waals surface area contributed by atoms with Gasteiger partial charge in [-0.05, 0) is 43.2 Å². The van der Waals surface area contributed by atoms with Crippen molar-refractivity contribution in [2.24, 2.45) is 0 Å².